The fourth-order valence-corrected chi connectivity index (χ4v) is 5.57. The van der Waals surface area contributed by atoms with Crippen molar-refractivity contribution in [2.75, 3.05) is 24.5 Å². The van der Waals surface area contributed by atoms with E-state index in [1.165, 1.54) is 48.4 Å². The smallest absolute Gasteiger partial charge is 0.264 e. The highest BCUT2D eigenvalue weighted by atomic mass is 32.2. The van der Waals surface area contributed by atoms with Crippen LogP contribution in [0.2, 0.25) is 0 Å². The highest BCUT2D eigenvalue weighted by Crippen LogP contribution is 2.33. The summed E-state index contributed by atoms with van der Waals surface area (Å²) in [4.78, 5) is 28.3. The van der Waals surface area contributed by atoms with Crippen molar-refractivity contribution >= 4 is 27.5 Å². The minimum atomic E-state index is -4.22. The molecule has 0 radical (unpaired) electrons. The zero-order valence-electron chi connectivity index (χ0n) is 23.3. The normalized spacial score (nSPS) is 11.9. The summed E-state index contributed by atoms with van der Waals surface area (Å²) >= 11 is 0. The van der Waals surface area contributed by atoms with Crippen molar-refractivity contribution in [2.45, 2.75) is 51.1 Å². The first-order valence-corrected chi connectivity index (χ1v) is 14.6. The van der Waals surface area contributed by atoms with Crippen LogP contribution in [0.15, 0.2) is 77.7 Å². The van der Waals surface area contributed by atoms with E-state index in [4.69, 9.17) is 4.74 Å². The third-order valence-electron chi connectivity index (χ3n) is 6.48. The molecular weight excluding hydrogens is 533 g/mol. The van der Waals surface area contributed by atoms with E-state index in [9.17, 15) is 22.4 Å². The Morgan fingerprint density at radius 3 is 2.33 bits per heavy atom. The molecule has 0 heterocycles. The first-order chi connectivity index (χ1) is 19.1. The molecule has 0 aliphatic heterocycles. The van der Waals surface area contributed by atoms with Gasteiger partial charge < -0.3 is 15.0 Å². The summed E-state index contributed by atoms with van der Waals surface area (Å²) in [5.74, 6) is -1.13. The van der Waals surface area contributed by atoms with Crippen molar-refractivity contribution in [1.29, 1.82) is 0 Å². The number of amides is 2. The average molecular weight is 570 g/mol. The van der Waals surface area contributed by atoms with Crippen molar-refractivity contribution in [3.63, 3.8) is 0 Å². The molecular formula is C30H36FN3O5S. The molecule has 1 atom stereocenters. The van der Waals surface area contributed by atoms with Crippen LogP contribution < -0.4 is 14.4 Å². The molecule has 1 N–H and O–H groups in total. The number of rotatable bonds is 13. The maximum atomic E-state index is 14.0. The molecule has 10 heteroatoms. The molecule has 0 aromatic heterocycles. The minimum Gasteiger partial charge on any atom is -0.495 e. The number of halogens is 1. The molecule has 0 bridgehead atoms. The zero-order valence-corrected chi connectivity index (χ0v) is 24.1. The summed E-state index contributed by atoms with van der Waals surface area (Å²) in [5, 5.41) is 2.84. The van der Waals surface area contributed by atoms with E-state index in [0.29, 0.717) is 12.1 Å². The van der Waals surface area contributed by atoms with E-state index < -0.39 is 34.3 Å². The number of hydrogen-bond donors (Lipinski definition) is 1. The summed E-state index contributed by atoms with van der Waals surface area (Å²) in [6.07, 6.45) is 1.66. The van der Waals surface area contributed by atoms with Gasteiger partial charge in [-0.05, 0) is 67.8 Å². The van der Waals surface area contributed by atoms with Gasteiger partial charge in [0.25, 0.3) is 10.0 Å². The first-order valence-electron chi connectivity index (χ1n) is 13.1. The monoisotopic (exact) mass is 569 g/mol. The predicted octanol–water partition coefficient (Wildman–Crippen LogP) is 4.67. The Morgan fingerprint density at radius 1 is 1.02 bits per heavy atom. The molecule has 3 aromatic rings. The average Bonchev–Trinajstić information content (AvgIpc) is 2.95. The minimum absolute atomic E-state index is 0.00167. The number of nitrogens with one attached hydrogen (secondary N) is 1. The molecule has 0 unspecified atom stereocenters. The molecule has 0 aliphatic rings. The summed E-state index contributed by atoms with van der Waals surface area (Å²) in [5.41, 5.74) is 1.55. The number of unbranched alkanes of at least 4 members (excludes halogenated alkanes) is 1. The second-order valence-electron chi connectivity index (χ2n) is 9.47. The van der Waals surface area contributed by atoms with Crippen molar-refractivity contribution in [1.82, 2.24) is 10.2 Å². The Morgan fingerprint density at radius 2 is 1.70 bits per heavy atom. The van der Waals surface area contributed by atoms with Gasteiger partial charge in [-0.3, -0.25) is 13.9 Å². The number of carbonyl (C=O) groups is 2. The molecule has 3 rings (SSSR count). The standard InChI is InChI=1S/C30H36FN3O5S/c1-5-6-18-32-30(36)23(3)33(20-24-13-15-25(31)16-14-24)29(35)21-34(27-19-22(2)12-17-28(27)39-4)40(37,38)26-10-8-7-9-11-26/h7-17,19,23H,5-6,18,20-21H2,1-4H3,(H,32,36)/t23-/m1/s1. The summed E-state index contributed by atoms with van der Waals surface area (Å²) in [6, 6.07) is 17.5. The third kappa shape index (κ3) is 7.59. The Balaban J connectivity index is 2.05. The fraction of sp³-hybridized carbons (Fsp3) is 0.333. The van der Waals surface area contributed by atoms with Crippen LogP contribution in [0.5, 0.6) is 5.75 Å². The lowest BCUT2D eigenvalue weighted by atomic mass is 10.1. The van der Waals surface area contributed by atoms with E-state index >= 15 is 0 Å². The van der Waals surface area contributed by atoms with Crippen LogP contribution in [0, 0.1) is 12.7 Å². The lowest BCUT2D eigenvalue weighted by molar-refractivity contribution is -0.139. The molecule has 0 saturated heterocycles. The van der Waals surface area contributed by atoms with Crippen LogP contribution in [-0.2, 0) is 26.2 Å². The van der Waals surface area contributed by atoms with Gasteiger partial charge in [-0.2, -0.15) is 0 Å². The van der Waals surface area contributed by atoms with Crippen LogP contribution in [0.1, 0.15) is 37.8 Å². The Bertz CT molecular complexity index is 1400. The van der Waals surface area contributed by atoms with Crippen LogP contribution >= 0.6 is 0 Å². The van der Waals surface area contributed by atoms with Gasteiger partial charge >= 0.3 is 0 Å². The fourth-order valence-electron chi connectivity index (χ4n) is 4.13. The van der Waals surface area contributed by atoms with Crippen LogP contribution in [-0.4, -0.2) is 51.4 Å². The number of anilines is 1. The first kappa shape index (κ1) is 30.6. The molecule has 214 valence electrons. The van der Waals surface area contributed by atoms with Crippen LogP contribution in [0.25, 0.3) is 0 Å². The number of carbonyl (C=O) groups excluding carboxylic acids is 2. The van der Waals surface area contributed by atoms with E-state index in [2.05, 4.69) is 5.32 Å². The van der Waals surface area contributed by atoms with Gasteiger partial charge in [0, 0.05) is 13.1 Å². The van der Waals surface area contributed by atoms with Crippen molar-refractivity contribution in [3.8, 4) is 5.75 Å². The van der Waals surface area contributed by atoms with Crippen LogP contribution in [0.4, 0.5) is 10.1 Å². The van der Waals surface area contributed by atoms with Crippen molar-refractivity contribution in [2.24, 2.45) is 0 Å². The summed E-state index contributed by atoms with van der Waals surface area (Å²) in [6.45, 7) is 5.23. The number of benzene rings is 3. The molecule has 0 saturated carbocycles. The van der Waals surface area contributed by atoms with E-state index in [1.807, 2.05) is 13.8 Å². The largest absolute Gasteiger partial charge is 0.495 e. The lowest BCUT2D eigenvalue weighted by Crippen LogP contribution is -2.51. The Hall–Kier alpha value is -3.92. The Kier molecular flexibility index (Phi) is 10.7. The van der Waals surface area contributed by atoms with Gasteiger partial charge in [0.05, 0.1) is 17.7 Å². The second kappa shape index (κ2) is 13.9. The van der Waals surface area contributed by atoms with Crippen molar-refractivity contribution < 1.29 is 27.1 Å². The maximum absolute atomic E-state index is 14.0. The molecule has 40 heavy (non-hydrogen) atoms. The van der Waals surface area contributed by atoms with Crippen LogP contribution in [0.3, 0.4) is 0 Å². The quantitative estimate of drug-likeness (QED) is 0.302. The topological polar surface area (TPSA) is 96.0 Å². The van der Waals surface area contributed by atoms with E-state index in [-0.39, 0.29) is 28.8 Å². The van der Waals surface area contributed by atoms with Crippen molar-refractivity contribution in [3.05, 3.63) is 89.7 Å². The highest BCUT2D eigenvalue weighted by molar-refractivity contribution is 7.92. The number of methoxy groups -OCH3 is 1. The van der Waals surface area contributed by atoms with Gasteiger partial charge in [0.1, 0.15) is 24.2 Å². The second-order valence-corrected chi connectivity index (χ2v) is 11.3. The number of nitrogens with zero attached hydrogens (tertiary/aromatic N) is 2. The molecule has 3 aromatic carbocycles. The SMILES string of the molecule is CCCCNC(=O)[C@@H](C)N(Cc1ccc(F)cc1)C(=O)CN(c1cc(C)ccc1OC)S(=O)(=O)c1ccccc1. The molecule has 8 nitrogen and oxygen atoms in total. The third-order valence-corrected chi connectivity index (χ3v) is 8.25. The molecule has 0 aliphatic carbocycles. The van der Waals surface area contributed by atoms with Gasteiger partial charge in [-0.15, -0.1) is 0 Å². The highest BCUT2D eigenvalue weighted by Gasteiger charge is 2.33. The van der Waals surface area contributed by atoms with E-state index in [0.717, 1.165) is 22.7 Å². The maximum Gasteiger partial charge on any atom is 0.264 e. The predicted molar refractivity (Wildman–Crippen MR) is 153 cm³/mol. The molecule has 0 fully saturated rings. The Labute approximate surface area is 235 Å². The lowest BCUT2D eigenvalue weighted by Gasteiger charge is -2.32. The van der Waals surface area contributed by atoms with Gasteiger partial charge in [0.2, 0.25) is 11.8 Å². The number of ether oxygens (including phenoxy) is 1. The van der Waals surface area contributed by atoms with Gasteiger partial charge in [-0.25, -0.2) is 12.8 Å². The number of aryl methyl sites for hydroxylation is 1. The molecule has 0 spiro atoms. The van der Waals surface area contributed by atoms with E-state index in [1.54, 1.807) is 43.3 Å². The van der Waals surface area contributed by atoms with Gasteiger partial charge in [-0.1, -0.05) is 49.7 Å². The number of hydrogen-bond acceptors (Lipinski definition) is 5. The summed E-state index contributed by atoms with van der Waals surface area (Å²) < 4.78 is 47.9. The number of sulfonamides is 1. The molecule has 2 amide bonds. The zero-order chi connectivity index (χ0) is 29.3. The summed E-state index contributed by atoms with van der Waals surface area (Å²) in [7, 11) is -2.79. The van der Waals surface area contributed by atoms with Gasteiger partial charge in [0.15, 0.2) is 0 Å².